The van der Waals surface area contributed by atoms with Crippen LogP contribution in [0.3, 0.4) is 0 Å². The maximum atomic E-state index is 13.6. The highest BCUT2D eigenvalue weighted by Crippen LogP contribution is 2.21. The van der Waals surface area contributed by atoms with Crippen LogP contribution in [0.2, 0.25) is 0 Å². The number of carbonyl (C=O) groups excluding carboxylic acids is 1. The topological polar surface area (TPSA) is 17.1 Å². The van der Waals surface area contributed by atoms with Crippen molar-refractivity contribution in [2.75, 3.05) is 0 Å². The van der Waals surface area contributed by atoms with E-state index >= 15 is 0 Å². The summed E-state index contributed by atoms with van der Waals surface area (Å²) in [5.74, 6) is -0.683. The zero-order valence-electron chi connectivity index (χ0n) is 9.49. The molecule has 2 rings (SSSR count). The maximum absolute atomic E-state index is 13.6. The molecule has 18 heavy (non-hydrogen) atoms. The predicted molar refractivity (Wildman–Crippen MR) is 78.9 cm³/mol. The van der Waals surface area contributed by atoms with E-state index in [1.165, 1.54) is 6.07 Å². The lowest BCUT2D eigenvalue weighted by Gasteiger charge is -2.06. The van der Waals surface area contributed by atoms with Crippen molar-refractivity contribution in [2.24, 2.45) is 0 Å². The van der Waals surface area contributed by atoms with Gasteiger partial charge in [0.1, 0.15) is 5.82 Å². The van der Waals surface area contributed by atoms with Gasteiger partial charge in [-0.05, 0) is 52.9 Å². The van der Waals surface area contributed by atoms with Gasteiger partial charge in [0.05, 0.1) is 0 Å². The molecule has 0 aliphatic rings. The lowest BCUT2D eigenvalue weighted by Crippen LogP contribution is -2.03. The molecule has 0 atom stereocenters. The number of benzene rings is 2. The molecular formula is C15H10FIO. The third-order valence-corrected chi connectivity index (χ3v) is 3.30. The van der Waals surface area contributed by atoms with Gasteiger partial charge in [-0.1, -0.05) is 24.8 Å². The molecule has 0 spiro atoms. The Morgan fingerprint density at radius 3 is 2.28 bits per heavy atom. The van der Waals surface area contributed by atoms with Crippen LogP contribution < -0.4 is 0 Å². The van der Waals surface area contributed by atoms with E-state index < -0.39 is 5.82 Å². The number of rotatable bonds is 3. The quantitative estimate of drug-likeness (QED) is 0.457. The van der Waals surface area contributed by atoms with Gasteiger partial charge < -0.3 is 0 Å². The van der Waals surface area contributed by atoms with Gasteiger partial charge in [-0.15, -0.1) is 0 Å². The molecule has 2 aromatic rings. The summed E-state index contributed by atoms with van der Waals surface area (Å²) in [6, 6.07) is 13.3. The molecule has 0 aliphatic carbocycles. The molecule has 2 aromatic carbocycles. The van der Waals surface area contributed by atoms with Crippen LogP contribution in [0.5, 0.6) is 0 Å². The summed E-state index contributed by atoms with van der Waals surface area (Å²) in [7, 11) is 0. The fourth-order valence-corrected chi connectivity index (χ4v) is 1.96. The van der Waals surface area contributed by atoms with Crippen molar-refractivity contribution < 1.29 is 9.18 Å². The molecular weight excluding hydrogens is 342 g/mol. The summed E-state index contributed by atoms with van der Waals surface area (Å²) in [4.78, 5) is 12.1. The highest BCUT2D eigenvalue weighted by Gasteiger charge is 2.14. The summed E-state index contributed by atoms with van der Waals surface area (Å²) in [6.45, 7) is 3.69. The van der Waals surface area contributed by atoms with Crippen molar-refractivity contribution in [1.82, 2.24) is 0 Å². The van der Waals surface area contributed by atoms with E-state index in [0.29, 0.717) is 5.56 Å². The first-order chi connectivity index (χ1) is 8.59. The van der Waals surface area contributed by atoms with Crippen molar-refractivity contribution in [3.05, 3.63) is 75.6 Å². The largest absolute Gasteiger partial charge is 0.289 e. The number of Topliss-reactive ketones (excluding diaryl/α,β-unsaturated/α-hetero) is 1. The highest BCUT2D eigenvalue weighted by atomic mass is 127. The highest BCUT2D eigenvalue weighted by molar-refractivity contribution is 14.1. The summed E-state index contributed by atoms with van der Waals surface area (Å²) in [5.41, 5.74) is 0.944. The van der Waals surface area contributed by atoms with Crippen molar-refractivity contribution >= 4 is 33.9 Å². The van der Waals surface area contributed by atoms with Gasteiger partial charge in [-0.2, -0.15) is 0 Å². The van der Waals surface area contributed by atoms with E-state index in [2.05, 4.69) is 29.2 Å². The maximum Gasteiger partial charge on any atom is 0.193 e. The second-order valence-corrected chi connectivity index (χ2v) is 5.04. The van der Waals surface area contributed by atoms with E-state index in [1.807, 2.05) is 12.1 Å². The minimum absolute atomic E-state index is 0.175. The van der Waals surface area contributed by atoms with Gasteiger partial charge in [0.2, 0.25) is 0 Å². The molecule has 0 radical (unpaired) electrons. The van der Waals surface area contributed by atoms with Crippen LogP contribution in [0.4, 0.5) is 4.39 Å². The van der Waals surface area contributed by atoms with Crippen LogP contribution >= 0.6 is 22.6 Å². The first-order valence-electron chi connectivity index (χ1n) is 5.33. The monoisotopic (exact) mass is 352 g/mol. The Kier molecular flexibility index (Phi) is 3.91. The Hall–Kier alpha value is -1.49. The van der Waals surface area contributed by atoms with Crippen LogP contribution in [0.1, 0.15) is 15.9 Å². The number of ketones is 1. The molecule has 0 bridgehead atoms. The third kappa shape index (κ3) is 2.67. The van der Waals surface area contributed by atoms with Crippen LogP contribution in [-0.2, 0) is 0 Å². The average molecular weight is 352 g/mol. The first-order valence-corrected chi connectivity index (χ1v) is 6.41. The molecule has 0 fully saturated rings. The Balaban J connectivity index is 2.33. The molecule has 90 valence electrons. The van der Waals surface area contributed by atoms with E-state index in [4.69, 9.17) is 0 Å². The lowest BCUT2D eigenvalue weighted by molar-refractivity contribution is 0.105. The van der Waals surface area contributed by atoms with Crippen LogP contribution in [0, 0.1) is 9.39 Å². The fraction of sp³-hybridized carbons (Fsp3) is 0. The van der Waals surface area contributed by atoms with Gasteiger partial charge in [0, 0.05) is 20.3 Å². The molecule has 0 N–H and O–H groups in total. The van der Waals surface area contributed by atoms with Gasteiger partial charge in [-0.25, -0.2) is 4.39 Å². The molecule has 1 nitrogen and oxygen atoms in total. The molecule has 3 heteroatoms. The van der Waals surface area contributed by atoms with E-state index in [1.54, 1.807) is 30.3 Å². The zero-order valence-corrected chi connectivity index (χ0v) is 11.6. The second-order valence-electron chi connectivity index (χ2n) is 3.79. The molecule has 0 heterocycles. The van der Waals surface area contributed by atoms with Crippen molar-refractivity contribution in [1.29, 1.82) is 0 Å². The van der Waals surface area contributed by atoms with E-state index in [-0.39, 0.29) is 16.9 Å². The third-order valence-electron chi connectivity index (χ3n) is 2.58. The van der Waals surface area contributed by atoms with Crippen molar-refractivity contribution in [3.8, 4) is 0 Å². The molecule has 0 saturated carbocycles. The predicted octanol–water partition coefficient (Wildman–Crippen LogP) is 4.33. The van der Waals surface area contributed by atoms with Gasteiger partial charge in [0.15, 0.2) is 5.78 Å². The van der Waals surface area contributed by atoms with Crippen LogP contribution in [0.15, 0.2) is 55.1 Å². The molecule has 0 amide bonds. The summed E-state index contributed by atoms with van der Waals surface area (Å²) in [6.07, 6.45) is 0. The molecule has 0 aliphatic heterocycles. The smallest absolute Gasteiger partial charge is 0.193 e. The van der Waals surface area contributed by atoms with E-state index in [0.717, 1.165) is 3.57 Å². The zero-order chi connectivity index (χ0) is 13.1. The first kappa shape index (κ1) is 13.0. The molecule has 0 aromatic heterocycles. The standard InChI is InChI=1S/C15H10FIO/c1-10(13-4-2-3-5-14(13)16)15(18)11-6-8-12(17)9-7-11/h2-9H,1H2. The van der Waals surface area contributed by atoms with Crippen molar-refractivity contribution in [2.45, 2.75) is 0 Å². The Morgan fingerprint density at radius 2 is 1.67 bits per heavy atom. The summed E-state index contributed by atoms with van der Waals surface area (Å²) >= 11 is 2.16. The minimum atomic E-state index is -0.429. The number of allylic oxidation sites excluding steroid dienone is 1. The number of hydrogen-bond acceptors (Lipinski definition) is 1. The van der Waals surface area contributed by atoms with Crippen LogP contribution in [0.25, 0.3) is 5.57 Å². The summed E-state index contributed by atoms with van der Waals surface area (Å²) < 4.78 is 14.6. The Labute approximate surface area is 118 Å². The van der Waals surface area contributed by atoms with E-state index in [9.17, 15) is 9.18 Å². The second kappa shape index (κ2) is 5.44. The average Bonchev–Trinajstić information content (AvgIpc) is 2.38. The number of carbonyl (C=O) groups is 1. The van der Waals surface area contributed by atoms with Gasteiger partial charge in [0.25, 0.3) is 0 Å². The summed E-state index contributed by atoms with van der Waals surface area (Å²) in [5, 5.41) is 0. The van der Waals surface area contributed by atoms with Crippen LogP contribution in [-0.4, -0.2) is 5.78 Å². The Bertz CT molecular complexity index is 602. The lowest BCUT2D eigenvalue weighted by atomic mass is 9.98. The number of hydrogen-bond donors (Lipinski definition) is 0. The van der Waals surface area contributed by atoms with Crippen molar-refractivity contribution in [3.63, 3.8) is 0 Å². The van der Waals surface area contributed by atoms with Gasteiger partial charge >= 0.3 is 0 Å². The molecule has 0 unspecified atom stereocenters. The normalized spacial score (nSPS) is 10.1. The minimum Gasteiger partial charge on any atom is -0.289 e. The molecule has 0 saturated heterocycles. The van der Waals surface area contributed by atoms with Gasteiger partial charge in [-0.3, -0.25) is 4.79 Å². The number of halogens is 2. The fourth-order valence-electron chi connectivity index (χ4n) is 1.60. The Morgan fingerprint density at radius 1 is 1.06 bits per heavy atom. The SMILES string of the molecule is C=C(C(=O)c1ccc(I)cc1)c1ccccc1F.